The van der Waals surface area contributed by atoms with Crippen molar-refractivity contribution in [2.75, 3.05) is 33.5 Å². The van der Waals surface area contributed by atoms with E-state index in [0.29, 0.717) is 28.0 Å². The summed E-state index contributed by atoms with van der Waals surface area (Å²) in [5.74, 6) is -4.03. The number of carboxylic acid groups (broad SMARTS) is 1. The standard InChI is InChI=1S/C27H26ClNO7.C18H20ClNO3.C10H9ClO4/c28-21-6-4-5-20(16-21)19-11-9-18(10-12-19)15-22(17-24(30)26(32)33)29-25(31)27(34)36-14-13-35-23-7-2-1-3-8-23;1-23-18(22)17(21)11-16(20)9-12-5-7-13(8-6-12)14-3-2-4-15(19)10-14;11-9(12)10(13)15-7-6-14-8-4-2-1-3-5-8/h1-12,16,22,24,30H,13-15,17H2,(H,29,31)(H,32,33);2-8,10,16-17,21H,9,11,20H2,1H3;1-5H,6-7H2/t22-,24-;16-,17-;/m11./s1. The number of ether oxygens (including phenoxy) is 5. The molecule has 390 valence electrons. The highest BCUT2D eigenvalue weighted by Crippen LogP contribution is 2.25. The third-order valence-corrected chi connectivity index (χ3v) is 11.0. The summed E-state index contributed by atoms with van der Waals surface area (Å²) in [7, 11) is 1.24. The molecule has 0 spiro atoms. The number of benzene rings is 6. The molecule has 0 bridgehead atoms. The minimum absolute atomic E-state index is 0.00775. The molecule has 0 aromatic heterocycles. The van der Waals surface area contributed by atoms with Crippen LogP contribution in [0.3, 0.4) is 0 Å². The Morgan fingerprint density at radius 3 is 1.45 bits per heavy atom. The van der Waals surface area contributed by atoms with Crippen LogP contribution in [0.4, 0.5) is 0 Å². The monoisotopic (exact) mass is 1070 g/mol. The molecule has 0 saturated heterocycles. The van der Waals surface area contributed by atoms with Crippen LogP contribution >= 0.6 is 34.8 Å². The molecule has 19 heteroatoms. The van der Waals surface area contributed by atoms with Crippen molar-refractivity contribution >= 4 is 69.8 Å². The van der Waals surface area contributed by atoms with Crippen LogP contribution in [0.5, 0.6) is 11.5 Å². The molecule has 0 saturated carbocycles. The van der Waals surface area contributed by atoms with E-state index in [2.05, 4.69) is 14.8 Å². The third-order valence-electron chi connectivity index (χ3n) is 10.3. The topological polar surface area (TPSA) is 247 Å². The fourth-order valence-corrected chi connectivity index (χ4v) is 7.18. The summed E-state index contributed by atoms with van der Waals surface area (Å²) in [5, 5.41) is 31.2. The first-order valence-corrected chi connectivity index (χ1v) is 24.0. The molecule has 0 heterocycles. The number of aliphatic hydroxyl groups excluding tert-OH is 2. The molecule has 6 aromatic rings. The number of hydrogen-bond donors (Lipinski definition) is 5. The van der Waals surface area contributed by atoms with E-state index in [1.807, 2.05) is 115 Å². The molecule has 0 fully saturated rings. The highest BCUT2D eigenvalue weighted by molar-refractivity contribution is 6.80. The van der Waals surface area contributed by atoms with Crippen LogP contribution in [0.15, 0.2) is 158 Å². The summed E-state index contributed by atoms with van der Waals surface area (Å²) < 4.78 is 24.5. The SMILES string of the molecule is COC(=O)[C@H](O)C[C@H](N)Cc1ccc(-c2cccc(Cl)c2)cc1.O=C(Cl)C(=O)OCCOc1ccccc1.O=C(N[C@H](Cc1ccc(-c2cccc(Cl)c2)cc1)C[C@@H](O)C(=O)O)C(=O)OCCOc1ccccc1. The molecule has 0 radical (unpaired) electrons. The van der Waals surface area contributed by atoms with Gasteiger partial charge in [-0.15, -0.1) is 0 Å². The van der Waals surface area contributed by atoms with Crippen molar-refractivity contribution in [2.24, 2.45) is 5.73 Å². The summed E-state index contributed by atoms with van der Waals surface area (Å²) in [5.41, 5.74) is 11.8. The number of para-hydroxylation sites is 2. The quantitative estimate of drug-likeness (QED) is 0.0144. The number of esters is 3. The Balaban J connectivity index is 0.000000266. The molecule has 16 nitrogen and oxygen atoms in total. The first kappa shape index (κ1) is 59.3. The van der Waals surface area contributed by atoms with Gasteiger partial charge in [-0.05, 0) is 113 Å². The summed E-state index contributed by atoms with van der Waals surface area (Å²) in [6, 6.07) is 47.2. The number of carboxylic acids is 1. The zero-order valence-electron chi connectivity index (χ0n) is 40.0. The van der Waals surface area contributed by atoms with Crippen LogP contribution in [-0.2, 0) is 55.8 Å². The number of aliphatic carboxylic acids is 1. The van der Waals surface area contributed by atoms with Crippen molar-refractivity contribution in [1.82, 2.24) is 5.32 Å². The van der Waals surface area contributed by atoms with Gasteiger partial charge in [-0.2, -0.15) is 0 Å². The first-order chi connectivity index (χ1) is 35.5. The van der Waals surface area contributed by atoms with E-state index < -0.39 is 53.3 Å². The predicted octanol–water partition coefficient (Wildman–Crippen LogP) is 7.67. The lowest BCUT2D eigenvalue weighted by atomic mass is 9.98. The van der Waals surface area contributed by atoms with Gasteiger partial charge in [-0.1, -0.05) is 132 Å². The number of methoxy groups -OCH3 is 1. The summed E-state index contributed by atoms with van der Waals surface area (Å²) in [6.45, 7) is 0.0871. The first-order valence-electron chi connectivity index (χ1n) is 22.8. The Morgan fingerprint density at radius 2 is 1.01 bits per heavy atom. The Hall–Kier alpha value is -7.31. The predicted molar refractivity (Wildman–Crippen MR) is 279 cm³/mol. The fourth-order valence-electron chi connectivity index (χ4n) is 6.74. The third kappa shape index (κ3) is 22.2. The van der Waals surface area contributed by atoms with E-state index in [0.717, 1.165) is 33.4 Å². The van der Waals surface area contributed by atoms with Crippen LogP contribution in [0.2, 0.25) is 10.0 Å². The van der Waals surface area contributed by atoms with Gasteiger partial charge in [-0.25, -0.2) is 19.2 Å². The van der Waals surface area contributed by atoms with Crippen molar-refractivity contribution in [3.8, 4) is 33.8 Å². The van der Waals surface area contributed by atoms with E-state index in [4.69, 9.17) is 59.9 Å². The molecule has 74 heavy (non-hydrogen) atoms. The minimum atomic E-state index is -1.71. The highest BCUT2D eigenvalue weighted by atomic mass is 35.5. The average molecular weight is 1070 g/mol. The van der Waals surface area contributed by atoms with E-state index in [9.17, 15) is 39.0 Å². The maximum Gasteiger partial charge on any atom is 0.396 e. The molecule has 0 aliphatic heterocycles. The Labute approximate surface area is 442 Å². The van der Waals surface area contributed by atoms with Crippen molar-refractivity contribution in [3.63, 3.8) is 0 Å². The lowest BCUT2D eigenvalue weighted by molar-refractivity contribution is -0.156. The molecule has 6 N–H and O–H groups in total. The number of nitrogens with one attached hydrogen (secondary N) is 1. The summed E-state index contributed by atoms with van der Waals surface area (Å²) in [6.07, 6.45) is -2.25. The number of aliphatic hydroxyl groups is 2. The second kappa shape index (κ2) is 32.0. The summed E-state index contributed by atoms with van der Waals surface area (Å²) >= 11 is 16.9. The maximum absolute atomic E-state index is 12.4. The van der Waals surface area contributed by atoms with Gasteiger partial charge >= 0.3 is 35.0 Å². The van der Waals surface area contributed by atoms with Crippen molar-refractivity contribution in [1.29, 1.82) is 0 Å². The van der Waals surface area contributed by atoms with E-state index >= 15 is 0 Å². The maximum atomic E-state index is 12.4. The second-order valence-electron chi connectivity index (χ2n) is 16.0. The molecule has 0 aliphatic rings. The molecule has 6 aromatic carbocycles. The van der Waals surface area contributed by atoms with E-state index in [1.165, 1.54) is 7.11 Å². The normalized spacial score (nSPS) is 12.0. The molecule has 0 unspecified atom stereocenters. The van der Waals surface area contributed by atoms with Gasteiger partial charge in [0.2, 0.25) is 0 Å². The Kier molecular flexibility index (Phi) is 25.6. The smallest absolute Gasteiger partial charge is 0.396 e. The van der Waals surface area contributed by atoms with Gasteiger partial charge in [-0.3, -0.25) is 9.59 Å². The fraction of sp³-hybridized carbons (Fsp3) is 0.236. The number of hydrogen-bond acceptors (Lipinski definition) is 14. The zero-order valence-corrected chi connectivity index (χ0v) is 42.3. The van der Waals surface area contributed by atoms with Crippen molar-refractivity contribution < 1.29 is 67.8 Å². The van der Waals surface area contributed by atoms with Crippen LogP contribution in [0.25, 0.3) is 22.3 Å². The van der Waals surface area contributed by atoms with Crippen LogP contribution < -0.4 is 20.5 Å². The molecular formula is C55H55Cl3N2O14. The van der Waals surface area contributed by atoms with E-state index in [1.54, 1.807) is 42.5 Å². The Bertz CT molecular complexity index is 2710. The largest absolute Gasteiger partial charge is 0.490 e. The average Bonchev–Trinajstić information content (AvgIpc) is 3.39. The number of carbonyl (C=O) groups is 6. The number of halogens is 3. The molecule has 6 rings (SSSR count). The van der Waals surface area contributed by atoms with Crippen molar-refractivity contribution in [3.05, 3.63) is 179 Å². The molecular weight excluding hydrogens is 1020 g/mol. The number of amides is 1. The van der Waals surface area contributed by atoms with Gasteiger partial charge in [0.15, 0.2) is 12.2 Å². The lowest BCUT2D eigenvalue weighted by Gasteiger charge is -2.20. The Morgan fingerprint density at radius 1 is 0.554 bits per heavy atom. The van der Waals surface area contributed by atoms with Gasteiger partial charge in [0.1, 0.15) is 37.9 Å². The van der Waals surface area contributed by atoms with Crippen molar-refractivity contribution in [2.45, 2.75) is 50.0 Å². The molecule has 4 atom stereocenters. The van der Waals surface area contributed by atoms with Gasteiger partial charge in [0, 0.05) is 28.5 Å². The zero-order chi connectivity index (χ0) is 53.8. The second-order valence-corrected chi connectivity index (χ2v) is 17.2. The molecule has 1 amide bonds. The number of rotatable bonds is 22. The van der Waals surface area contributed by atoms with Gasteiger partial charge < -0.3 is 50.1 Å². The van der Waals surface area contributed by atoms with Crippen LogP contribution in [0.1, 0.15) is 24.0 Å². The van der Waals surface area contributed by atoms with Gasteiger partial charge in [0.25, 0.3) is 0 Å². The highest BCUT2D eigenvalue weighted by Gasteiger charge is 2.26. The lowest BCUT2D eigenvalue weighted by Crippen LogP contribution is -2.44. The van der Waals surface area contributed by atoms with E-state index in [-0.39, 0.29) is 51.7 Å². The number of carbonyl (C=O) groups excluding carboxylic acids is 5. The van der Waals surface area contributed by atoms with Gasteiger partial charge in [0.05, 0.1) is 7.11 Å². The van der Waals surface area contributed by atoms with Crippen LogP contribution in [0, 0.1) is 0 Å². The molecule has 0 aliphatic carbocycles. The van der Waals surface area contributed by atoms with Crippen LogP contribution in [-0.4, -0.2) is 108 Å². The number of nitrogens with two attached hydrogens (primary N) is 1. The summed E-state index contributed by atoms with van der Waals surface area (Å²) in [4.78, 5) is 67.7. The minimum Gasteiger partial charge on any atom is -0.490 e.